The third-order valence-corrected chi connectivity index (χ3v) is 4.83. The molecule has 5 nitrogen and oxygen atoms in total. The smallest absolute Gasteiger partial charge is 0.242 e. The highest BCUT2D eigenvalue weighted by Gasteiger charge is 2.14. The van der Waals surface area contributed by atoms with Gasteiger partial charge >= 0.3 is 0 Å². The average molecular weight is 301 g/mol. The molecule has 0 spiro atoms. The molecule has 0 aromatic heterocycles. The van der Waals surface area contributed by atoms with E-state index in [2.05, 4.69) is 16.6 Å². The van der Waals surface area contributed by atoms with Crippen LogP contribution >= 0.6 is 11.8 Å². The quantitative estimate of drug-likeness (QED) is 0.385. The summed E-state index contributed by atoms with van der Waals surface area (Å²) in [5.74, 6) is 1.87. The molecule has 1 aromatic carbocycles. The highest BCUT2D eigenvalue weighted by molar-refractivity contribution is 7.99. The lowest BCUT2D eigenvalue weighted by Gasteiger charge is -2.10. The van der Waals surface area contributed by atoms with Gasteiger partial charge in [-0.1, -0.05) is 6.08 Å². The summed E-state index contributed by atoms with van der Waals surface area (Å²) in [6.07, 6.45) is 1.86. The predicted molar refractivity (Wildman–Crippen MR) is 83.1 cm³/mol. The van der Waals surface area contributed by atoms with Gasteiger partial charge in [0.25, 0.3) is 0 Å². The Labute approximate surface area is 118 Å². The minimum atomic E-state index is -3.50. The Morgan fingerprint density at radius 2 is 2.21 bits per heavy atom. The van der Waals surface area contributed by atoms with Crippen LogP contribution in [0.1, 0.15) is 0 Å². The van der Waals surface area contributed by atoms with E-state index in [4.69, 9.17) is 5.73 Å². The number of benzene rings is 1. The van der Waals surface area contributed by atoms with Gasteiger partial charge < -0.3 is 11.1 Å². The number of nitrogen functional groups attached to an aromatic ring is 1. The van der Waals surface area contributed by atoms with Crippen molar-refractivity contribution in [2.75, 3.05) is 36.1 Å². The summed E-state index contributed by atoms with van der Waals surface area (Å²) in [7, 11) is -2.14. The molecule has 7 heteroatoms. The predicted octanol–water partition coefficient (Wildman–Crippen LogP) is 1.51. The maximum Gasteiger partial charge on any atom is 0.242 e. The molecule has 0 radical (unpaired) electrons. The summed E-state index contributed by atoms with van der Waals surface area (Å²) < 4.78 is 25.5. The van der Waals surface area contributed by atoms with Crippen molar-refractivity contribution in [1.82, 2.24) is 4.72 Å². The average Bonchev–Trinajstić information content (AvgIpc) is 2.38. The molecule has 1 rings (SSSR count). The number of hydrogen-bond acceptors (Lipinski definition) is 5. The van der Waals surface area contributed by atoms with Gasteiger partial charge in [0.1, 0.15) is 4.90 Å². The fourth-order valence-electron chi connectivity index (χ4n) is 1.45. The van der Waals surface area contributed by atoms with E-state index in [0.717, 1.165) is 23.7 Å². The Hall–Kier alpha value is -1.18. The number of rotatable bonds is 8. The standard InChI is InChI=1S/C12H19N3O2S2/c1-3-7-18-8-6-15-10-4-5-12(11(13)9-10)19(16,17)14-2/h3-5,9,14-15H,1,6-8,13H2,2H3. The molecule has 0 heterocycles. The van der Waals surface area contributed by atoms with Crippen molar-refractivity contribution in [3.05, 3.63) is 30.9 Å². The molecule has 0 atom stereocenters. The van der Waals surface area contributed by atoms with E-state index in [1.54, 1.807) is 23.9 Å². The Balaban J connectivity index is 2.65. The number of nitrogens with two attached hydrogens (primary N) is 1. The third-order valence-electron chi connectivity index (χ3n) is 2.38. The van der Waals surface area contributed by atoms with Gasteiger partial charge in [0, 0.05) is 23.7 Å². The van der Waals surface area contributed by atoms with Gasteiger partial charge in [0.05, 0.1) is 5.69 Å². The maximum atomic E-state index is 11.6. The molecule has 0 aliphatic rings. The summed E-state index contributed by atoms with van der Waals surface area (Å²) in [6, 6.07) is 4.83. The van der Waals surface area contributed by atoms with Gasteiger partial charge in [-0.3, -0.25) is 0 Å². The van der Waals surface area contributed by atoms with E-state index < -0.39 is 10.0 Å². The van der Waals surface area contributed by atoms with Gasteiger partial charge in [0.2, 0.25) is 10.0 Å². The van der Waals surface area contributed by atoms with E-state index in [-0.39, 0.29) is 10.6 Å². The lowest BCUT2D eigenvalue weighted by molar-refractivity contribution is 0.588. The van der Waals surface area contributed by atoms with Crippen LogP contribution in [0.15, 0.2) is 35.7 Å². The zero-order valence-corrected chi connectivity index (χ0v) is 12.5. The van der Waals surface area contributed by atoms with E-state index in [1.165, 1.54) is 13.1 Å². The molecule has 0 fully saturated rings. The first-order valence-electron chi connectivity index (χ1n) is 5.77. The van der Waals surface area contributed by atoms with Crippen molar-refractivity contribution < 1.29 is 8.42 Å². The van der Waals surface area contributed by atoms with Crippen molar-refractivity contribution in [1.29, 1.82) is 0 Å². The molecule has 0 unspecified atom stereocenters. The monoisotopic (exact) mass is 301 g/mol. The summed E-state index contributed by atoms with van der Waals surface area (Å²) in [6.45, 7) is 4.44. The fourth-order valence-corrected chi connectivity index (χ4v) is 2.86. The molecule has 1 aromatic rings. The molecule has 0 bridgehead atoms. The minimum Gasteiger partial charge on any atom is -0.398 e. The molecule has 4 N–H and O–H groups in total. The van der Waals surface area contributed by atoms with Crippen LogP contribution < -0.4 is 15.8 Å². The first-order chi connectivity index (χ1) is 9.01. The SMILES string of the molecule is C=CCSCCNc1ccc(S(=O)(=O)NC)c(N)c1. The van der Waals surface area contributed by atoms with Crippen molar-refractivity contribution in [2.24, 2.45) is 0 Å². The van der Waals surface area contributed by atoms with Crippen LogP contribution in [0.4, 0.5) is 11.4 Å². The third kappa shape index (κ3) is 4.77. The summed E-state index contributed by atoms with van der Waals surface area (Å²) in [5, 5.41) is 3.19. The highest BCUT2D eigenvalue weighted by atomic mass is 32.2. The zero-order valence-electron chi connectivity index (χ0n) is 10.8. The molecule has 0 saturated carbocycles. The van der Waals surface area contributed by atoms with Crippen molar-refractivity contribution >= 4 is 33.2 Å². The summed E-state index contributed by atoms with van der Waals surface area (Å²) in [4.78, 5) is 0.0987. The second-order valence-electron chi connectivity index (χ2n) is 3.75. The van der Waals surface area contributed by atoms with E-state index in [1.807, 2.05) is 6.08 Å². The molecule has 0 aliphatic heterocycles. The molecule has 0 saturated heterocycles. The van der Waals surface area contributed by atoms with Crippen molar-refractivity contribution in [3.63, 3.8) is 0 Å². The van der Waals surface area contributed by atoms with Crippen LogP contribution in [-0.4, -0.2) is 33.5 Å². The Morgan fingerprint density at radius 3 is 2.79 bits per heavy atom. The topological polar surface area (TPSA) is 84.2 Å². The Morgan fingerprint density at radius 1 is 1.47 bits per heavy atom. The van der Waals surface area contributed by atoms with Crippen LogP contribution in [0.25, 0.3) is 0 Å². The van der Waals surface area contributed by atoms with Gasteiger partial charge in [-0.15, -0.1) is 6.58 Å². The van der Waals surface area contributed by atoms with Crippen LogP contribution in [0.2, 0.25) is 0 Å². The second-order valence-corrected chi connectivity index (χ2v) is 6.76. The first-order valence-corrected chi connectivity index (χ1v) is 8.40. The number of thioether (sulfide) groups is 1. The van der Waals surface area contributed by atoms with E-state index in [0.29, 0.717) is 0 Å². The highest BCUT2D eigenvalue weighted by Crippen LogP contribution is 2.22. The van der Waals surface area contributed by atoms with Crippen LogP contribution in [0, 0.1) is 0 Å². The largest absolute Gasteiger partial charge is 0.398 e. The molecule has 0 aliphatic carbocycles. The second kappa shape index (κ2) is 7.42. The lowest BCUT2D eigenvalue weighted by Crippen LogP contribution is -2.20. The van der Waals surface area contributed by atoms with Crippen LogP contribution in [0.5, 0.6) is 0 Å². The Kier molecular flexibility index (Phi) is 6.20. The minimum absolute atomic E-state index is 0.0987. The molecular weight excluding hydrogens is 282 g/mol. The maximum absolute atomic E-state index is 11.6. The van der Waals surface area contributed by atoms with Crippen LogP contribution in [0.3, 0.4) is 0 Å². The first kappa shape index (κ1) is 15.9. The van der Waals surface area contributed by atoms with Crippen molar-refractivity contribution in [2.45, 2.75) is 4.90 Å². The van der Waals surface area contributed by atoms with E-state index in [9.17, 15) is 8.42 Å². The summed E-state index contributed by atoms with van der Waals surface area (Å²) >= 11 is 1.77. The van der Waals surface area contributed by atoms with Gasteiger partial charge in [-0.2, -0.15) is 11.8 Å². The number of sulfonamides is 1. The lowest BCUT2D eigenvalue weighted by atomic mass is 10.3. The number of anilines is 2. The van der Waals surface area contributed by atoms with Gasteiger partial charge in [0.15, 0.2) is 0 Å². The molecular formula is C12H19N3O2S2. The molecule has 106 valence electrons. The Bertz CT molecular complexity index is 530. The van der Waals surface area contributed by atoms with Crippen molar-refractivity contribution in [3.8, 4) is 0 Å². The van der Waals surface area contributed by atoms with Gasteiger partial charge in [-0.05, 0) is 25.2 Å². The number of nitrogens with one attached hydrogen (secondary N) is 2. The zero-order chi connectivity index (χ0) is 14.3. The number of hydrogen-bond donors (Lipinski definition) is 3. The molecule has 0 amide bonds. The molecule has 19 heavy (non-hydrogen) atoms. The summed E-state index contributed by atoms with van der Waals surface area (Å²) in [5.41, 5.74) is 6.80. The van der Waals surface area contributed by atoms with E-state index >= 15 is 0 Å². The van der Waals surface area contributed by atoms with Gasteiger partial charge in [-0.25, -0.2) is 13.1 Å². The fraction of sp³-hybridized carbons (Fsp3) is 0.333. The van der Waals surface area contributed by atoms with Crippen LogP contribution in [-0.2, 0) is 10.0 Å². The normalized spacial score (nSPS) is 11.2.